The number of nitrogens with one attached hydrogen (secondary N) is 1. The van der Waals surface area contributed by atoms with Crippen LogP contribution in [0.2, 0.25) is 0 Å². The maximum atomic E-state index is 11.7. The summed E-state index contributed by atoms with van der Waals surface area (Å²) >= 11 is 0. The van der Waals surface area contributed by atoms with Crippen molar-refractivity contribution in [3.8, 4) is 5.69 Å². The van der Waals surface area contributed by atoms with Crippen molar-refractivity contribution in [2.24, 2.45) is 11.1 Å². The molecular formula is C29H36N6O6S. The van der Waals surface area contributed by atoms with Gasteiger partial charge in [0.2, 0.25) is 10.0 Å². The van der Waals surface area contributed by atoms with Gasteiger partial charge in [-0.2, -0.15) is 0 Å². The van der Waals surface area contributed by atoms with E-state index < -0.39 is 22.0 Å². The molecule has 5 N–H and O–H groups in total. The van der Waals surface area contributed by atoms with E-state index in [-0.39, 0.29) is 10.8 Å². The van der Waals surface area contributed by atoms with Crippen molar-refractivity contribution < 1.29 is 28.2 Å². The van der Waals surface area contributed by atoms with Crippen LogP contribution in [-0.4, -0.2) is 74.9 Å². The van der Waals surface area contributed by atoms with Crippen LogP contribution < -0.4 is 5.14 Å². The summed E-state index contributed by atoms with van der Waals surface area (Å²) in [5.74, 6) is -2.63. The van der Waals surface area contributed by atoms with E-state index in [4.69, 9.17) is 24.9 Å². The molecule has 0 spiro atoms. The molecule has 1 aliphatic heterocycles. The van der Waals surface area contributed by atoms with E-state index in [2.05, 4.69) is 51.4 Å². The number of hydrogen-bond acceptors (Lipinski definition) is 7. The molecule has 1 atom stereocenters. The molecule has 12 nitrogen and oxygen atoms in total. The van der Waals surface area contributed by atoms with Crippen LogP contribution in [0.3, 0.4) is 0 Å². The lowest BCUT2D eigenvalue weighted by molar-refractivity contribution is -0.159. The first kappa shape index (κ1) is 30.9. The fraction of sp³-hybridized carbons (Fsp3) is 0.379. The van der Waals surface area contributed by atoms with E-state index >= 15 is 0 Å². The molecule has 2 aromatic carbocycles. The Morgan fingerprint density at radius 3 is 2.40 bits per heavy atom. The molecule has 1 fully saturated rings. The third kappa shape index (κ3) is 8.24. The summed E-state index contributed by atoms with van der Waals surface area (Å²) in [5.41, 5.74) is 4.63. The number of hydrogen-bond donors (Lipinski definition) is 4. The number of aryl methyl sites for hydroxylation is 1. The Morgan fingerprint density at radius 1 is 1.07 bits per heavy atom. The zero-order valence-electron chi connectivity index (χ0n) is 23.4. The van der Waals surface area contributed by atoms with Gasteiger partial charge in [0.25, 0.3) is 0 Å². The molecule has 3 heterocycles. The van der Waals surface area contributed by atoms with E-state index in [1.165, 1.54) is 42.1 Å². The predicted octanol–water partition coefficient (Wildman–Crippen LogP) is 3.39. The number of H-pyrrole nitrogens is 1. The Morgan fingerprint density at radius 2 is 1.76 bits per heavy atom. The first-order chi connectivity index (χ1) is 20.0. The third-order valence-corrected chi connectivity index (χ3v) is 8.62. The number of carbonyl (C=O) groups is 2. The van der Waals surface area contributed by atoms with Crippen LogP contribution in [0.4, 0.5) is 0 Å². The lowest BCUT2D eigenvalue weighted by Gasteiger charge is -2.33. The minimum absolute atomic E-state index is 0.190. The number of benzene rings is 2. The van der Waals surface area contributed by atoms with E-state index in [1.807, 2.05) is 10.6 Å². The molecule has 0 aliphatic carbocycles. The van der Waals surface area contributed by atoms with Crippen LogP contribution in [0.25, 0.3) is 16.6 Å². The number of carboxylic acid groups (broad SMARTS) is 2. The van der Waals surface area contributed by atoms with Gasteiger partial charge in [0.15, 0.2) is 0 Å². The van der Waals surface area contributed by atoms with Gasteiger partial charge in [-0.3, -0.25) is 4.57 Å². The average molecular weight is 597 g/mol. The van der Waals surface area contributed by atoms with Crippen molar-refractivity contribution in [3.63, 3.8) is 0 Å². The van der Waals surface area contributed by atoms with Gasteiger partial charge < -0.3 is 20.1 Å². The highest BCUT2D eigenvalue weighted by Crippen LogP contribution is 2.28. The molecule has 4 aromatic rings. The van der Waals surface area contributed by atoms with Crippen LogP contribution in [-0.2, 0) is 26.0 Å². The number of carboxylic acids is 2. The first-order valence-corrected chi connectivity index (χ1v) is 15.3. The molecule has 0 radical (unpaired) electrons. The van der Waals surface area contributed by atoms with Gasteiger partial charge in [0, 0.05) is 29.3 Å². The van der Waals surface area contributed by atoms with E-state index in [1.54, 1.807) is 30.9 Å². The second-order valence-corrected chi connectivity index (χ2v) is 12.2. The summed E-state index contributed by atoms with van der Waals surface area (Å²) < 4.78 is 25.3. The average Bonchev–Trinajstić information content (AvgIpc) is 3.64. The number of nitrogens with two attached hydrogens (primary N) is 1. The summed E-state index contributed by atoms with van der Waals surface area (Å²) in [5, 5.41) is 29.2. The SMILES string of the molecule is CC(CN1CCC(CCCc2c[nH]c3ccc(-n4cnnc4)cc23)CC1)c1cccc(S(N)(=O)=O)c1.O=C(O)C(=O)O. The summed E-state index contributed by atoms with van der Waals surface area (Å²) in [6.45, 7) is 5.29. The van der Waals surface area contributed by atoms with Gasteiger partial charge in [-0.1, -0.05) is 25.5 Å². The predicted molar refractivity (Wildman–Crippen MR) is 157 cm³/mol. The third-order valence-electron chi connectivity index (χ3n) is 7.70. The molecule has 0 saturated carbocycles. The molecule has 2 aromatic heterocycles. The number of fused-ring (bicyclic) bond motifs is 1. The normalized spacial score (nSPS) is 15.2. The maximum Gasteiger partial charge on any atom is 0.414 e. The first-order valence-electron chi connectivity index (χ1n) is 13.8. The van der Waals surface area contributed by atoms with Crippen LogP contribution in [0, 0.1) is 5.92 Å². The largest absolute Gasteiger partial charge is 0.473 e. The second kappa shape index (κ2) is 13.7. The van der Waals surface area contributed by atoms with Crippen LogP contribution in [0.15, 0.2) is 66.2 Å². The Balaban J connectivity index is 0.000000612. The molecule has 42 heavy (non-hydrogen) atoms. The number of aliphatic carboxylic acids is 2. The molecule has 1 saturated heterocycles. The van der Waals surface area contributed by atoms with Crippen LogP contribution >= 0.6 is 0 Å². The summed E-state index contributed by atoms with van der Waals surface area (Å²) in [6, 6.07) is 13.5. The van der Waals surface area contributed by atoms with Crippen molar-refractivity contribution in [1.29, 1.82) is 0 Å². The van der Waals surface area contributed by atoms with Gasteiger partial charge in [-0.05, 0) is 92.1 Å². The molecule has 1 unspecified atom stereocenters. The Bertz CT molecular complexity index is 1600. The summed E-state index contributed by atoms with van der Waals surface area (Å²) in [7, 11) is -3.67. The van der Waals surface area contributed by atoms with Crippen molar-refractivity contribution >= 4 is 32.9 Å². The van der Waals surface area contributed by atoms with E-state index in [0.717, 1.165) is 43.2 Å². The smallest absolute Gasteiger partial charge is 0.414 e. The highest BCUT2D eigenvalue weighted by Gasteiger charge is 2.21. The van der Waals surface area contributed by atoms with E-state index in [9.17, 15) is 8.42 Å². The molecule has 1 aliphatic rings. The summed E-state index contributed by atoms with van der Waals surface area (Å²) in [4.78, 5) is 24.3. The number of aromatic nitrogens is 4. The molecule has 224 valence electrons. The van der Waals surface area contributed by atoms with Crippen molar-refractivity contribution in [2.45, 2.75) is 49.8 Å². The molecule has 5 rings (SSSR count). The number of rotatable bonds is 9. The number of aromatic amines is 1. The van der Waals surface area contributed by atoms with Gasteiger partial charge in [-0.25, -0.2) is 23.1 Å². The quantitative estimate of drug-likeness (QED) is 0.210. The molecule has 0 amide bonds. The highest BCUT2D eigenvalue weighted by atomic mass is 32.2. The monoisotopic (exact) mass is 596 g/mol. The maximum absolute atomic E-state index is 11.7. The van der Waals surface area contributed by atoms with Crippen molar-refractivity contribution in [2.75, 3.05) is 19.6 Å². The topological polar surface area (TPSA) is 184 Å². The molecule has 0 bridgehead atoms. The van der Waals surface area contributed by atoms with Crippen LogP contribution in [0.1, 0.15) is 49.7 Å². The van der Waals surface area contributed by atoms with Crippen molar-refractivity contribution in [1.82, 2.24) is 24.6 Å². The number of nitrogens with zero attached hydrogens (tertiary/aromatic N) is 4. The Kier molecular flexibility index (Phi) is 10.1. The Labute approximate surface area is 244 Å². The minimum Gasteiger partial charge on any atom is -0.473 e. The number of sulfonamides is 1. The van der Waals surface area contributed by atoms with E-state index in [0.29, 0.717) is 0 Å². The van der Waals surface area contributed by atoms with Crippen LogP contribution in [0.5, 0.6) is 0 Å². The highest BCUT2D eigenvalue weighted by molar-refractivity contribution is 7.89. The summed E-state index contributed by atoms with van der Waals surface area (Å²) in [6.07, 6.45) is 11.5. The second-order valence-electron chi connectivity index (χ2n) is 10.7. The van der Waals surface area contributed by atoms with Gasteiger partial charge in [-0.15, -0.1) is 10.2 Å². The lowest BCUT2D eigenvalue weighted by Crippen LogP contribution is -2.36. The van der Waals surface area contributed by atoms with Gasteiger partial charge >= 0.3 is 11.9 Å². The fourth-order valence-electron chi connectivity index (χ4n) is 5.40. The standard InChI is InChI=1S/C27H34N6O2S.C2H2O4/c1-20(22-5-3-7-25(14-22)36(28,34)35)17-32-12-10-21(11-13-32)4-2-6-23-16-29-27-9-8-24(15-26(23)27)33-18-30-31-19-33;3-1(4)2(5)6/h3,5,7-9,14-16,18-21,29H,2,4,6,10-13,17H2,1H3,(H2,28,34,35);(H,3,4)(H,5,6). The zero-order chi connectivity index (χ0) is 30.3. The number of primary sulfonamides is 1. The number of piperidine rings is 1. The van der Waals surface area contributed by atoms with Gasteiger partial charge in [0.1, 0.15) is 12.7 Å². The molecular weight excluding hydrogens is 560 g/mol. The van der Waals surface area contributed by atoms with Gasteiger partial charge in [0.05, 0.1) is 4.90 Å². The number of likely N-dealkylation sites (tertiary alicyclic amines) is 1. The zero-order valence-corrected chi connectivity index (χ0v) is 24.2. The lowest BCUT2D eigenvalue weighted by atomic mass is 9.90. The van der Waals surface area contributed by atoms with Crippen molar-refractivity contribution in [3.05, 3.63) is 72.4 Å². The Hall–Kier alpha value is -4.07. The molecule has 13 heteroatoms. The fourth-order valence-corrected chi connectivity index (χ4v) is 5.97. The minimum atomic E-state index is -3.67.